The highest BCUT2D eigenvalue weighted by Gasteiger charge is 2.15. The van der Waals surface area contributed by atoms with Gasteiger partial charge in [-0.05, 0) is 6.92 Å². The summed E-state index contributed by atoms with van der Waals surface area (Å²) in [4.78, 5) is 8.31. The highest BCUT2D eigenvalue weighted by molar-refractivity contribution is 7.14. The summed E-state index contributed by atoms with van der Waals surface area (Å²) in [7, 11) is 0. The van der Waals surface area contributed by atoms with Gasteiger partial charge < -0.3 is 10.5 Å². The molecule has 0 saturated carbocycles. The maximum absolute atomic E-state index is 5.94. The molecule has 2 aromatic rings. The van der Waals surface area contributed by atoms with Crippen LogP contribution in [0.25, 0.3) is 17.0 Å². The van der Waals surface area contributed by atoms with Crippen LogP contribution in [0.3, 0.4) is 0 Å². The lowest BCUT2D eigenvalue weighted by molar-refractivity contribution is 0.299. The number of rotatable bonds is 4. The Balaban J connectivity index is 2.46. The minimum absolute atomic E-state index is 0.564. The Hall–Kier alpha value is -1.88. The van der Waals surface area contributed by atoms with E-state index in [1.54, 1.807) is 18.6 Å². The molecule has 2 rings (SSSR count). The Morgan fingerprint density at radius 2 is 2.35 bits per heavy atom. The number of thiophene rings is 1. The molecule has 0 bridgehead atoms. The van der Waals surface area contributed by atoms with Gasteiger partial charge in [0.25, 0.3) is 0 Å². The molecule has 0 aliphatic carbocycles. The fourth-order valence-corrected chi connectivity index (χ4v) is 2.36. The summed E-state index contributed by atoms with van der Waals surface area (Å²) in [6, 6.07) is 0. The van der Waals surface area contributed by atoms with E-state index < -0.39 is 0 Å². The van der Waals surface area contributed by atoms with Crippen molar-refractivity contribution < 1.29 is 4.74 Å². The third-order valence-corrected chi connectivity index (χ3v) is 3.07. The number of nitrogens with zero attached hydrogens (tertiary/aromatic N) is 2. The van der Waals surface area contributed by atoms with Crippen LogP contribution < -0.4 is 5.73 Å². The van der Waals surface area contributed by atoms with Crippen LogP contribution in [0.4, 0.5) is 5.00 Å². The number of hydrogen-bond acceptors (Lipinski definition) is 5. The molecule has 4 nitrogen and oxygen atoms in total. The number of aromatic nitrogens is 2. The lowest BCUT2D eigenvalue weighted by atomic mass is 10.1. The van der Waals surface area contributed by atoms with Crippen LogP contribution in [0, 0.1) is 0 Å². The Kier molecular flexibility index (Phi) is 3.39. The molecule has 0 saturated heterocycles. The summed E-state index contributed by atoms with van der Waals surface area (Å²) in [5.41, 5.74) is 8.45. The lowest BCUT2D eigenvalue weighted by Crippen LogP contribution is -1.95. The second kappa shape index (κ2) is 4.97. The summed E-state index contributed by atoms with van der Waals surface area (Å²) in [6.07, 6.45) is 4.98. The van der Waals surface area contributed by atoms with E-state index in [1.165, 1.54) is 11.3 Å². The van der Waals surface area contributed by atoms with Gasteiger partial charge in [0.2, 0.25) is 0 Å². The first-order chi connectivity index (χ1) is 8.24. The highest BCUT2D eigenvalue weighted by Crippen LogP contribution is 2.36. The van der Waals surface area contributed by atoms with Crippen LogP contribution in [0.15, 0.2) is 30.5 Å². The monoisotopic (exact) mass is 247 g/mol. The van der Waals surface area contributed by atoms with Gasteiger partial charge in [-0.1, -0.05) is 6.58 Å². The molecule has 0 amide bonds. The summed E-state index contributed by atoms with van der Waals surface area (Å²) in [5, 5.41) is 2.63. The number of hydrogen-bond donors (Lipinski definition) is 1. The Morgan fingerprint density at radius 3 is 3.00 bits per heavy atom. The van der Waals surface area contributed by atoms with Gasteiger partial charge in [0.05, 0.1) is 29.1 Å². The second-order valence-corrected chi connectivity index (χ2v) is 4.25. The minimum Gasteiger partial charge on any atom is -0.494 e. The first-order valence-corrected chi connectivity index (χ1v) is 6.07. The van der Waals surface area contributed by atoms with Crippen LogP contribution in [-0.4, -0.2) is 16.6 Å². The minimum atomic E-state index is 0.564. The average Bonchev–Trinajstić information content (AvgIpc) is 2.73. The van der Waals surface area contributed by atoms with Gasteiger partial charge >= 0.3 is 0 Å². The normalized spacial score (nSPS) is 10.2. The zero-order valence-electron chi connectivity index (χ0n) is 9.51. The summed E-state index contributed by atoms with van der Waals surface area (Å²) < 4.78 is 5.41. The van der Waals surface area contributed by atoms with Crippen LogP contribution >= 0.6 is 11.3 Å². The molecular formula is C12H13N3OS. The SMILES string of the molecule is C=C(OCC)c1c(-c2cnccn2)csc1N. The van der Waals surface area contributed by atoms with E-state index in [0.717, 1.165) is 16.8 Å². The van der Waals surface area contributed by atoms with Gasteiger partial charge in [0.1, 0.15) is 5.76 Å². The molecule has 17 heavy (non-hydrogen) atoms. The predicted octanol–water partition coefficient (Wildman–Crippen LogP) is 2.79. The van der Waals surface area contributed by atoms with E-state index in [0.29, 0.717) is 17.4 Å². The van der Waals surface area contributed by atoms with E-state index in [9.17, 15) is 0 Å². The van der Waals surface area contributed by atoms with Crippen molar-refractivity contribution in [1.82, 2.24) is 9.97 Å². The summed E-state index contributed by atoms with van der Waals surface area (Å²) in [6.45, 7) is 6.37. The second-order valence-electron chi connectivity index (χ2n) is 3.34. The van der Waals surface area contributed by atoms with Crippen LogP contribution in [0.1, 0.15) is 12.5 Å². The van der Waals surface area contributed by atoms with Crippen molar-refractivity contribution in [2.24, 2.45) is 0 Å². The first kappa shape index (κ1) is 11.6. The first-order valence-electron chi connectivity index (χ1n) is 5.19. The van der Waals surface area contributed by atoms with Crippen molar-refractivity contribution in [3.8, 4) is 11.3 Å². The van der Waals surface area contributed by atoms with Crippen LogP contribution in [0.5, 0.6) is 0 Å². The van der Waals surface area contributed by atoms with Crippen molar-refractivity contribution in [2.75, 3.05) is 12.3 Å². The molecule has 0 spiro atoms. The van der Waals surface area contributed by atoms with Gasteiger partial charge in [-0.15, -0.1) is 11.3 Å². The molecule has 0 atom stereocenters. The van der Waals surface area contributed by atoms with E-state index in [4.69, 9.17) is 10.5 Å². The lowest BCUT2D eigenvalue weighted by Gasteiger charge is -2.08. The van der Waals surface area contributed by atoms with Crippen molar-refractivity contribution in [3.63, 3.8) is 0 Å². The number of nitrogen functional groups attached to an aromatic ring is 1. The van der Waals surface area contributed by atoms with E-state index >= 15 is 0 Å². The molecule has 2 heterocycles. The van der Waals surface area contributed by atoms with E-state index in [-0.39, 0.29) is 0 Å². The molecule has 2 N–H and O–H groups in total. The van der Waals surface area contributed by atoms with Crippen molar-refractivity contribution >= 4 is 22.1 Å². The fourth-order valence-electron chi connectivity index (χ4n) is 1.53. The van der Waals surface area contributed by atoms with E-state index in [2.05, 4.69) is 16.5 Å². The van der Waals surface area contributed by atoms with Gasteiger partial charge in [-0.3, -0.25) is 9.97 Å². The van der Waals surface area contributed by atoms with Crippen molar-refractivity contribution in [1.29, 1.82) is 0 Å². The third-order valence-electron chi connectivity index (χ3n) is 2.26. The predicted molar refractivity (Wildman–Crippen MR) is 70.4 cm³/mol. The summed E-state index contributed by atoms with van der Waals surface area (Å²) in [5.74, 6) is 0.576. The van der Waals surface area contributed by atoms with E-state index in [1.807, 2.05) is 12.3 Å². The summed E-state index contributed by atoms with van der Waals surface area (Å²) >= 11 is 1.45. The standard InChI is InChI=1S/C12H13N3OS/c1-3-16-8(2)11-9(7-17-12(11)13)10-6-14-4-5-15-10/h4-7H,2-3,13H2,1H3. The quantitative estimate of drug-likeness (QED) is 0.844. The van der Waals surface area contributed by atoms with Gasteiger partial charge in [0.15, 0.2) is 0 Å². The van der Waals surface area contributed by atoms with Gasteiger partial charge in [0, 0.05) is 23.3 Å². The maximum atomic E-state index is 5.94. The Bertz CT molecular complexity index is 522. The Morgan fingerprint density at radius 1 is 1.53 bits per heavy atom. The largest absolute Gasteiger partial charge is 0.494 e. The topological polar surface area (TPSA) is 61.0 Å². The Labute approximate surface area is 104 Å². The number of nitrogens with two attached hydrogens (primary N) is 1. The molecule has 88 valence electrons. The van der Waals surface area contributed by atoms with Crippen molar-refractivity contribution in [2.45, 2.75) is 6.92 Å². The number of ether oxygens (including phenoxy) is 1. The molecule has 0 aliphatic heterocycles. The molecule has 0 aromatic carbocycles. The molecule has 2 aromatic heterocycles. The average molecular weight is 247 g/mol. The molecule has 5 heteroatoms. The van der Waals surface area contributed by atoms with Crippen LogP contribution in [-0.2, 0) is 4.74 Å². The third kappa shape index (κ3) is 2.29. The zero-order valence-corrected chi connectivity index (χ0v) is 10.3. The highest BCUT2D eigenvalue weighted by atomic mass is 32.1. The van der Waals surface area contributed by atoms with Gasteiger partial charge in [-0.2, -0.15) is 0 Å². The smallest absolute Gasteiger partial charge is 0.122 e. The van der Waals surface area contributed by atoms with Crippen LogP contribution in [0.2, 0.25) is 0 Å². The maximum Gasteiger partial charge on any atom is 0.122 e. The van der Waals surface area contributed by atoms with Gasteiger partial charge in [-0.25, -0.2) is 0 Å². The molecule has 0 unspecified atom stereocenters. The molecule has 0 fully saturated rings. The number of anilines is 1. The molecular weight excluding hydrogens is 234 g/mol. The fraction of sp³-hybridized carbons (Fsp3) is 0.167. The molecule has 0 aliphatic rings. The molecule has 0 radical (unpaired) electrons. The zero-order chi connectivity index (χ0) is 12.3. The van der Waals surface area contributed by atoms with Crippen molar-refractivity contribution in [3.05, 3.63) is 36.1 Å².